The van der Waals surface area contributed by atoms with Gasteiger partial charge in [-0.25, -0.2) is 0 Å². The smallest absolute Gasteiger partial charge is 0.0574 e. The van der Waals surface area contributed by atoms with Gasteiger partial charge >= 0.3 is 0 Å². The van der Waals surface area contributed by atoms with E-state index in [4.69, 9.17) is 0 Å². The van der Waals surface area contributed by atoms with Gasteiger partial charge in [-0.3, -0.25) is 0 Å². The summed E-state index contributed by atoms with van der Waals surface area (Å²) >= 11 is 0. The van der Waals surface area contributed by atoms with Crippen molar-refractivity contribution < 1.29 is 5.11 Å². The molecular formula is C18H28O. The lowest BCUT2D eigenvalue weighted by Crippen LogP contribution is -2.30. The van der Waals surface area contributed by atoms with E-state index in [2.05, 4.69) is 38.1 Å². The van der Waals surface area contributed by atoms with Gasteiger partial charge in [0.25, 0.3) is 0 Å². The molecule has 2 rings (SSSR count). The van der Waals surface area contributed by atoms with Crippen molar-refractivity contribution in [3.8, 4) is 0 Å². The Morgan fingerprint density at radius 3 is 2.53 bits per heavy atom. The van der Waals surface area contributed by atoms with Gasteiger partial charge in [0.15, 0.2) is 0 Å². The second kappa shape index (κ2) is 7.09. The van der Waals surface area contributed by atoms with Gasteiger partial charge in [-0.15, -0.1) is 0 Å². The lowest BCUT2D eigenvalue weighted by Gasteiger charge is -2.34. The molecule has 1 heteroatoms. The SMILES string of the molecule is CCC1CCCCC1C(O)CCc1ccc(C)cc1. The average Bonchev–Trinajstić information content (AvgIpc) is 2.46. The standard InChI is InChI=1S/C18H28O/c1-3-16-6-4-5-7-17(16)18(19)13-12-15-10-8-14(2)9-11-15/h8-11,16-19H,3-7,12-13H2,1-2H3. The highest BCUT2D eigenvalue weighted by atomic mass is 16.3. The van der Waals surface area contributed by atoms with Crippen LogP contribution in [0.3, 0.4) is 0 Å². The fourth-order valence-electron chi connectivity index (χ4n) is 3.53. The average molecular weight is 260 g/mol. The molecule has 19 heavy (non-hydrogen) atoms. The van der Waals surface area contributed by atoms with Crippen LogP contribution in [0.2, 0.25) is 0 Å². The van der Waals surface area contributed by atoms with E-state index in [1.165, 1.54) is 43.2 Å². The summed E-state index contributed by atoms with van der Waals surface area (Å²) in [6, 6.07) is 8.72. The summed E-state index contributed by atoms with van der Waals surface area (Å²) in [7, 11) is 0. The normalized spacial score (nSPS) is 25.2. The van der Waals surface area contributed by atoms with Crippen molar-refractivity contribution in [2.24, 2.45) is 11.8 Å². The highest BCUT2D eigenvalue weighted by molar-refractivity contribution is 5.21. The molecular weight excluding hydrogens is 232 g/mol. The highest BCUT2D eigenvalue weighted by Gasteiger charge is 2.29. The maximum atomic E-state index is 10.5. The Hall–Kier alpha value is -0.820. The molecule has 3 unspecified atom stereocenters. The van der Waals surface area contributed by atoms with Gasteiger partial charge in [0, 0.05) is 0 Å². The van der Waals surface area contributed by atoms with Crippen molar-refractivity contribution in [2.45, 2.75) is 64.9 Å². The number of aliphatic hydroxyl groups excluding tert-OH is 1. The minimum absolute atomic E-state index is 0.105. The van der Waals surface area contributed by atoms with Crippen molar-refractivity contribution in [2.75, 3.05) is 0 Å². The number of aryl methyl sites for hydroxylation is 2. The monoisotopic (exact) mass is 260 g/mol. The number of hydrogen-bond acceptors (Lipinski definition) is 1. The molecule has 1 saturated carbocycles. The maximum Gasteiger partial charge on any atom is 0.0574 e. The largest absolute Gasteiger partial charge is 0.393 e. The van der Waals surface area contributed by atoms with Gasteiger partial charge in [-0.05, 0) is 43.6 Å². The molecule has 3 atom stereocenters. The highest BCUT2D eigenvalue weighted by Crippen LogP contribution is 2.35. The van der Waals surface area contributed by atoms with Crippen molar-refractivity contribution in [1.29, 1.82) is 0 Å². The van der Waals surface area contributed by atoms with E-state index >= 15 is 0 Å². The zero-order valence-corrected chi connectivity index (χ0v) is 12.4. The number of rotatable bonds is 5. The van der Waals surface area contributed by atoms with Crippen LogP contribution in [0.5, 0.6) is 0 Å². The first-order valence-electron chi connectivity index (χ1n) is 7.94. The van der Waals surface area contributed by atoms with Crippen LogP contribution >= 0.6 is 0 Å². The number of benzene rings is 1. The van der Waals surface area contributed by atoms with Crippen LogP contribution in [0.4, 0.5) is 0 Å². The summed E-state index contributed by atoms with van der Waals surface area (Å²) in [4.78, 5) is 0. The summed E-state index contributed by atoms with van der Waals surface area (Å²) in [5.41, 5.74) is 2.66. The molecule has 0 heterocycles. The van der Waals surface area contributed by atoms with E-state index in [0.29, 0.717) is 5.92 Å². The third-order valence-corrected chi connectivity index (χ3v) is 4.84. The second-order valence-electron chi connectivity index (χ2n) is 6.21. The molecule has 0 saturated heterocycles. The van der Waals surface area contributed by atoms with Crippen molar-refractivity contribution in [1.82, 2.24) is 0 Å². The summed E-state index contributed by atoms with van der Waals surface area (Å²) in [6.45, 7) is 4.39. The predicted octanol–water partition coefficient (Wildman–Crippen LogP) is 4.50. The molecule has 0 aliphatic heterocycles. The Labute approximate surface area is 118 Å². The van der Waals surface area contributed by atoms with Crippen molar-refractivity contribution >= 4 is 0 Å². The summed E-state index contributed by atoms with van der Waals surface area (Å²) in [5, 5.41) is 10.5. The molecule has 0 bridgehead atoms. The van der Waals surface area contributed by atoms with E-state index in [-0.39, 0.29) is 6.10 Å². The van der Waals surface area contributed by atoms with Gasteiger partial charge in [-0.2, -0.15) is 0 Å². The fraction of sp³-hybridized carbons (Fsp3) is 0.667. The quantitative estimate of drug-likeness (QED) is 0.826. The van der Waals surface area contributed by atoms with Crippen LogP contribution in [0.25, 0.3) is 0 Å². The topological polar surface area (TPSA) is 20.2 Å². The van der Waals surface area contributed by atoms with E-state index in [9.17, 15) is 5.11 Å². The lowest BCUT2D eigenvalue weighted by atomic mass is 9.74. The molecule has 0 amide bonds. The Bertz CT molecular complexity index is 368. The predicted molar refractivity (Wildman–Crippen MR) is 81.2 cm³/mol. The molecule has 1 nitrogen and oxygen atoms in total. The Balaban J connectivity index is 1.85. The van der Waals surface area contributed by atoms with Crippen molar-refractivity contribution in [3.05, 3.63) is 35.4 Å². The molecule has 106 valence electrons. The van der Waals surface area contributed by atoms with E-state index in [1.807, 2.05) is 0 Å². The molecule has 0 aromatic heterocycles. The number of hydrogen-bond donors (Lipinski definition) is 1. The Morgan fingerprint density at radius 1 is 1.16 bits per heavy atom. The van der Waals surface area contributed by atoms with Crippen LogP contribution in [0.1, 0.15) is 56.6 Å². The Morgan fingerprint density at radius 2 is 1.84 bits per heavy atom. The molecule has 1 N–H and O–H groups in total. The van der Waals surface area contributed by atoms with Gasteiger partial charge in [0.05, 0.1) is 6.10 Å². The first-order valence-corrected chi connectivity index (χ1v) is 7.94. The van der Waals surface area contributed by atoms with Crippen LogP contribution < -0.4 is 0 Å². The van der Waals surface area contributed by atoms with E-state index < -0.39 is 0 Å². The van der Waals surface area contributed by atoms with Crippen LogP contribution in [0, 0.1) is 18.8 Å². The fourth-order valence-corrected chi connectivity index (χ4v) is 3.53. The minimum Gasteiger partial charge on any atom is -0.393 e. The molecule has 1 aliphatic rings. The third kappa shape index (κ3) is 4.07. The lowest BCUT2D eigenvalue weighted by molar-refractivity contribution is 0.0403. The van der Waals surface area contributed by atoms with Gasteiger partial charge in [0.1, 0.15) is 0 Å². The summed E-state index contributed by atoms with van der Waals surface area (Å²) in [5.74, 6) is 1.30. The van der Waals surface area contributed by atoms with Gasteiger partial charge in [-0.1, -0.05) is 62.4 Å². The minimum atomic E-state index is -0.105. The molecule has 1 aromatic rings. The first-order chi connectivity index (χ1) is 9.20. The third-order valence-electron chi connectivity index (χ3n) is 4.84. The molecule has 0 radical (unpaired) electrons. The number of aliphatic hydroxyl groups is 1. The summed E-state index contributed by atoms with van der Waals surface area (Å²) in [6.07, 6.45) is 8.27. The van der Waals surface area contributed by atoms with Crippen molar-refractivity contribution in [3.63, 3.8) is 0 Å². The molecule has 1 aliphatic carbocycles. The van der Waals surface area contributed by atoms with Crippen LogP contribution in [-0.4, -0.2) is 11.2 Å². The zero-order valence-electron chi connectivity index (χ0n) is 12.4. The molecule has 1 fully saturated rings. The molecule has 0 spiro atoms. The van der Waals surface area contributed by atoms with Crippen LogP contribution in [0.15, 0.2) is 24.3 Å². The Kier molecular flexibility index (Phi) is 5.45. The van der Waals surface area contributed by atoms with Crippen LogP contribution in [-0.2, 0) is 6.42 Å². The zero-order chi connectivity index (χ0) is 13.7. The second-order valence-corrected chi connectivity index (χ2v) is 6.21. The van der Waals surface area contributed by atoms with Gasteiger partial charge < -0.3 is 5.11 Å². The van der Waals surface area contributed by atoms with E-state index in [0.717, 1.165) is 18.8 Å². The summed E-state index contributed by atoms with van der Waals surface area (Å²) < 4.78 is 0. The van der Waals surface area contributed by atoms with E-state index in [1.54, 1.807) is 0 Å². The first kappa shape index (κ1) is 14.6. The maximum absolute atomic E-state index is 10.5. The van der Waals surface area contributed by atoms with Gasteiger partial charge in [0.2, 0.25) is 0 Å². The molecule has 1 aromatic carbocycles.